The minimum atomic E-state index is -0.656. The zero-order chi connectivity index (χ0) is 16.1. The summed E-state index contributed by atoms with van der Waals surface area (Å²) < 4.78 is 5.44. The molecule has 1 atom stereocenters. The maximum atomic E-state index is 12.0. The number of ether oxygens (including phenoxy) is 1. The van der Waals surface area contributed by atoms with Crippen LogP contribution in [0.3, 0.4) is 0 Å². The lowest BCUT2D eigenvalue weighted by molar-refractivity contribution is -0.118. The molecular formula is C17H18ClNO3. The van der Waals surface area contributed by atoms with Crippen molar-refractivity contribution >= 4 is 23.2 Å². The zero-order valence-corrected chi connectivity index (χ0v) is 13.2. The predicted molar refractivity (Wildman–Crippen MR) is 87.4 cm³/mol. The Hall–Kier alpha value is -2.04. The maximum absolute atomic E-state index is 12.0. The molecule has 1 amide bonds. The molecule has 4 nitrogen and oxygen atoms in total. The molecule has 116 valence electrons. The van der Waals surface area contributed by atoms with E-state index >= 15 is 0 Å². The van der Waals surface area contributed by atoms with Crippen LogP contribution in [0.25, 0.3) is 0 Å². The van der Waals surface area contributed by atoms with Gasteiger partial charge in [0.2, 0.25) is 0 Å². The lowest BCUT2D eigenvalue weighted by atomic mass is 10.1. The number of nitrogens with one attached hydrogen (secondary N) is 1. The molecule has 0 saturated carbocycles. The fourth-order valence-electron chi connectivity index (χ4n) is 2.02. The number of rotatable bonds is 5. The van der Waals surface area contributed by atoms with Gasteiger partial charge in [0.05, 0.1) is 6.10 Å². The Bertz CT molecular complexity index is 671. The van der Waals surface area contributed by atoms with Crippen molar-refractivity contribution in [2.45, 2.75) is 20.0 Å². The molecule has 2 aromatic rings. The molecule has 0 bridgehead atoms. The molecule has 0 aromatic heterocycles. The minimum Gasteiger partial charge on any atom is -0.484 e. The second kappa shape index (κ2) is 7.29. The smallest absolute Gasteiger partial charge is 0.262 e. The second-order valence-electron chi connectivity index (χ2n) is 5.01. The predicted octanol–water partition coefficient (Wildman–Crippen LogP) is 3.72. The molecule has 0 heterocycles. The van der Waals surface area contributed by atoms with Crippen LogP contribution in [0.4, 0.5) is 5.69 Å². The van der Waals surface area contributed by atoms with Crippen LogP contribution in [0.5, 0.6) is 5.75 Å². The van der Waals surface area contributed by atoms with Gasteiger partial charge < -0.3 is 15.2 Å². The van der Waals surface area contributed by atoms with E-state index in [1.807, 2.05) is 13.0 Å². The number of para-hydroxylation sites is 1. The molecule has 2 N–H and O–H groups in total. The number of halogens is 1. The third-order valence-corrected chi connectivity index (χ3v) is 3.61. The van der Waals surface area contributed by atoms with Gasteiger partial charge in [0.1, 0.15) is 5.75 Å². The van der Waals surface area contributed by atoms with Crippen molar-refractivity contribution in [3.8, 4) is 5.75 Å². The van der Waals surface area contributed by atoms with Crippen LogP contribution in [-0.2, 0) is 4.79 Å². The van der Waals surface area contributed by atoms with Crippen molar-refractivity contribution in [2.75, 3.05) is 11.9 Å². The van der Waals surface area contributed by atoms with E-state index < -0.39 is 6.10 Å². The van der Waals surface area contributed by atoms with Crippen LogP contribution >= 0.6 is 11.6 Å². The van der Waals surface area contributed by atoms with Crippen molar-refractivity contribution in [1.29, 1.82) is 0 Å². The van der Waals surface area contributed by atoms with Gasteiger partial charge in [-0.2, -0.15) is 0 Å². The van der Waals surface area contributed by atoms with Gasteiger partial charge in [0.15, 0.2) is 6.61 Å². The molecule has 0 aliphatic carbocycles. The van der Waals surface area contributed by atoms with E-state index in [9.17, 15) is 9.90 Å². The Morgan fingerprint density at radius 3 is 2.73 bits per heavy atom. The largest absolute Gasteiger partial charge is 0.484 e. The third-order valence-electron chi connectivity index (χ3n) is 3.18. The van der Waals surface area contributed by atoms with Gasteiger partial charge in [-0.05, 0) is 43.7 Å². The first-order valence-electron chi connectivity index (χ1n) is 6.93. The van der Waals surface area contributed by atoms with Gasteiger partial charge in [0.25, 0.3) is 5.91 Å². The summed E-state index contributed by atoms with van der Waals surface area (Å²) in [4.78, 5) is 12.0. The number of carbonyl (C=O) groups is 1. The summed E-state index contributed by atoms with van der Waals surface area (Å²) in [5.74, 6) is 0.293. The summed E-state index contributed by atoms with van der Waals surface area (Å²) in [7, 11) is 0. The number of carbonyl (C=O) groups excluding carboxylic acids is 1. The van der Waals surface area contributed by atoms with E-state index in [1.54, 1.807) is 43.3 Å². The zero-order valence-electron chi connectivity index (χ0n) is 12.5. The van der Waals surface area contributed by atoms with Gasteiger partial charge in [-0.25, -0.2) is 0 Å². The van der Waals surface area contributed by atoms with Crippen LogP contribution in [0.2, 0.25) is 5.02 Å². The highest BCUT2D eigenvalue weighted by atomic mass is 35.5. The summed E-state index contributed by atoms with van der Waals surface area (Å²) in [5, 5.41) is 13.1. The summed E-state index contributed by atoms with van der Waals surface area (Å²) in [6.07, 6.45) is -0.656. The molecule has 2 rings (SSSR count). The monoisotopic (exact) mass is 319 g/mol. The molecule has 0 spiro atoms. The summed E-state index contributed by atoms with van der Waals surface area (Å²) in [5.41, 5.74) is 2.13. The summed E-state index contributed by atoms with van der Waals surface area (Å²) >= 11 is 5.94. The van der Waals surface area contributed by atoms with Gasteiger partial charge >= 0.3 is 0 Å². The van der Waals surface area contributed by atoms with E-state index in [0.29, 0.717) is 22.0 Å². The Morgan fingerprint density at radius 2 is 2.05 bits per heavy atom. The Balaban J connectivity index is 1.97. The van der Waals surface area contributed by atoms with Gasteiger partial charge in [0, 0.05) is 16.3 Å². The Labute approximate surface area is 134 Å². The fourth-order valence-corrected chi connectivity index (χ4v) is 2.13. The van der Waals surface area contributed by atoms with E-state index in [1.165, 1.54) is 0 Å². The molecule has 0 saturated heterocycles. The van der Waals surface area contributed by atoms with Crippen LogP contribution in [0.1, 0.15) is 24.2 Å². The number of aliphatic hydroxyl groups excluding tert-OH is 1. The number of amides is 1. The highest BCUT2D eigenvalue weighted by Crippen LogP contribution is 2.23. The first kappa shape index (κ1) is 16.3. The number of hydrogen-bond acceptors (Lipinski definition) is 3. The molecule has 0 aliphatic heterocycles. The van der Waals surface area contributed by atoms with E-state index in [-0.39, 0.29) is 12.5 Å². The highest BCUT2D eigenvalue weighted by molar-refractivity contribution is 6.31. The number of aliphatic hydroxyl groups is 1. The second-order valence-corrected chi connectivity index (χ2v) is 5.42. The lowest BCUT2D eigenvalue weighted by Gasteiger charge is -2.13. The number of anilines is 1. The highest BCUT2D eigenvalue weighted by Gasteiger charge is 2.10. The molecule has 0 radical (unpaired) electrons. The molecule has 1 unspecified atom stereocenters. The number of benzene rings is 2. The topological polar surface area (TPSA) is 58.6 Å². The van der Waals surface area contributed by atoms with Gasteiger partial charge in [-0.1, -0.05) is 29.8 Å². The maximum Gasteiger partial charge on any atom is 0.262 e. The van der Waals surface area contributed by atoms with Crippen LogP contribution in [-0.4, -0.2) is 17.6 Å². The summed E-state index contributed by atoms with van der Waals surface area (Å²) in [6, 6.07) is 12.3. The van der Waals surface area contributed by atoms with Crippen molar-refractivity contribution in [3.63, 3.8) is 0 Å². The molecule has 0 fully saturated rings. The van der Waals surface area contributed by atoms with Crippen molar-refractivity contribution < 1.29 is 14.6 Å². The van der Waals surface area contributed by atoms with Crippen LogP contribution in [0, 0.1) is 6.92 Å². The van der Waals surface area contributed by atoms with Crippen LogP contribution < -0.4 is 10.1 Å². The first-order valence-corrected chi connectivity index (χ1v) is 7.31. The Kier molecular flexibility index (Phi) is 5.41. The van der Waals surface area contributed by atoms with Crippen molar-refractivity contribution in [1.82, 2.24) is 0 Å². The normalized spacial score (nSPS) is 11.8. The summed E-state index contributed by atoms with van der Waals surface area (Å²) in [6.45, 7) is 3.40. The number of aryl methyl sites for hydroxylation is 1. The average molecular weight is 320 g/mol. The van der Waals surface area contributed by atoms with Crippen LogP contribution in [0.15, 0.2) is 42.5 Å². The minimum absolute atomic E-state index is 0.116. The lowest BCUT2D eigenvalue weighted by Crippen LogP contribution is -2.21. The average Bonchev–Trinajstić information content (AvgIpc) is 2.49. The van der Waals surface area contributed by atoms with Crippen molar-refractivity contribution in [3.05, 3.63) is 58.6 Å². The fraction of sp³-hybridized carbons (Fsp3) is 0.235. The SMILES string of the molecule is Cc1cc(OCC(=O)Nc2ccccc2C(C)O)ccc1Cl. The number of hydrogen-bond donors (Lipinski definition) is 2. The quantitative estimate of drug-likeness (QED) is 0.883. The Morgan fingerprint density at radius 1 is 1.32 bits per heavy atom. The van der Waals surface area contributed by atoms with E-state index in [0.717, 1.165) is 5.56 Å². The van der Waals surface area contributed by atoms with Gasteiger partial charge in [-0.15, -0.1) is 0 Å². The molecular weight excluding hydrogens is 302 g/mol. The molecule has 0 aliphatic rings. The molecule has 22 heavy (non-hydrogen) atoms. The van der Waals surface area contributed by atoms with E-state index in [2.05, 4.69) is 5.32 Å². The molecule has 5 heteroatoms. The first-order chi connectivity index (χ1) is 10.5. The van der Waals surface area contributed by atoms with Crippen molar-refractivity contribution in [2.24, 2.45) is 0 Å². The van der Waals surface area contributed by atoms with Gasteiger partial charge in [-0.3, -0.25) is 4.79 Å². The molecule has 2 aromatic carbocycles. The third kappa shape index (κ3) is 4.23. The van der Waals surface area contributed by atoms with E-state index in [4.69, 9.17) is 16.3 Å². The standard InChI is InChI=1S/C17H18ClNO3/c1-11-9-13(7-8-15(11)18)22-10-17(21)19-16-6-4-3-5-14(16)12(2)20/h3-9,12,20H,10H2,1-2H3,(H,19,21).